The summed E-state index contributed by atoms with van der Waals surface area (Å²) in [4.78, 5) is 32.7. The Morgan fingerprint density at radius 3 is 2.62 bits per heavy atom. The maximum absolute atomic E-state index is 13.4. The number of carbonyl (C=O) groups is 2. The van der Waals surface area contributed by atoms with Gasteiger partial charge in [-0.25, -0.2) is 4.98 Å². The van der Waals surface area contributed by atoms with Gasteiger partial charge in [0.25, 0.3) is 5.91 Å². The highest BCUT2D eigenvalue weighted by Crippen LogP contribution is 2.44. The Bertz CT molecular complexity index is 1580. The number of aliphatic hydroxyl groups excluding tert-OH is 1. The Morgan fingerprint density at radius 1 is 1.11 bits per heavy atom. The number of benzene rings is 3. The van der Waals surface area contributed by atoms with E-state index in [1.807, 2.05) is 43.3 Å². The number of allylic oxidation sites excluding steroid dienone is 1. The molecule has 1 aromatic heterocycles. The van der Waals surface area contributed by atoms with E-state index >= 15 is 0 Å². The molecule has 6 nitrogen and oxygen atoms in total. The number of aliphatic hydroxyl groups is 1. The van der Waals surface area contributed by atoms with Gasteiger partial charge >= 0.3 is 0 Å². The van der Waals surface area contributed by atoms with Gasteiger partial charge in [0.2, 0.25) is 0 Å². The summed E-state index contributed by atoms with van der Waals surface area (Å²) in [6.07, 6.45) is 2.98. The molecule has 1 N–H and O–H groups in total. The van der Waals surface area contributed by atoms with E-state index in [2.05, 4.69) is 4.98 Å². The summed E-state index contributed by atoms with van der Waals surface area (Å²) >= 11 is 13.7. The van der Waals surface area contributed by atoms with Gasteiger partial charge in [-0.1, -0.05) is 77.0 Å². The minimum atomic E-state index is -0.956. The molecule has 186 valence electrons. The first-order valence-electron chi connectivity index (χ1n) is 11.4. The second-order valence-corrected chi connectivity index (χ2v) is 10.0. The average molecular weight is 551 g/mol. The quantitative estimate of drug-likeness (QED) is 0.246. The molecule has 0 radical (unpaired) electrons. The zero-order chi connectivity index (χ0) is 26.1. The van der Waals surface area contributed by atoms with E-state index < -0.39 is 23.5 Å². The van der Waals surface area contributed by atoms with Crippen molar-refractivity contribution in [2.24, 2.45) is 0 Å². The van der Waals surface area contributed by atoms with Crippen LogP contribution >= 0.6 is 34.5 Å². The van der Waals surface area contributed by atoms with E-state index in [-0.39, 0.29) is 10.6 Å². The van der Waals surface area contributed by atoms with E-state index in [0.29, 0.717) is 33.6 Å². The summed E-state index contributed by atoms with van der Waals surface area (Å²) in [6, 6.07) is 18.6. The molecule has 37 heavy (non-hydrogen) atoms. The Kier molecular flexibility index (Phi) is 7.02. The fourth-order valence-corrected chi connectivity index (χ4v) is 5.46. The predicted molar refractivity (Wildman–Crippen MR) is 148 cm³/mol. The fraction of sp³-hybridized carbons (Fsp3) is 0.107. The van der Waals surface area contributed by atoms with Crippen LogP contribution in [0.5, 0.6) is 5.75 Å². The van der Waals surface area contributed by atoms with E-state index in [0.717, 1.165) is 10.3 Å². The smallest absolute Gasteiger partial charge is 0.296 e. The van der Waals surface area contributed by atoms with Crippen LogP contribution in [-0.2, 0) is 9.59 Å². The monoisotopic (exact) mass is 550 g/mol. The van der Waals surface area contributed by atoms with Crippen LogP contribution in [0.3, 0.4) is 0 Å². The topological polar surface area (TPSA) is 79.7 Å². The molecule has 1 aliphatic heterocycles. The number of ether oxygens (including phenoxy) is 1. The van der Waals surface area contributed by atoms with Crippen molar-refractivity contribution in [3.63, 3.8) is 0 Å². The van der Waals surface area contributed by atoms with Crippen molar-refractivity contribution in [3.05, 3.63) is 105 Å². The predicted octanol–water partition coefficient (Wildman–Crippen LogP) is 7.18. The Hall–Kier alpha value is -3.65. The van der Waals surface area contributed by atoms with Crippen LogP contribution in [0.2, 0.25) is 10.0 Å². The average Bonchev–Trinajstić information content (AvgIpc) is 3.43. The van der Waals surface area contributed by atoms with Crippen LogP contribution in [0, 0.1) is 0 Å². The standard InChI is InChI=1S/C28H20Cl2N2O4S/c1-2-36-18-10-12-21-23(15-18)37-28(31-21)32-25(17-9-11-19(29)20(30)14-17)24(26(34)27(32)35)22(33)13-8-16-6-4-3-5-7-16/h3-15,25,34H,2H2,1H3. The van der Waals surface area contributed by atoms with Crippen LogP contribution in [0.25, 0.3) is 16.3 Å². The highest BCUT2D eigenvalue weighted by atomic mass is 35.5. The van der Waals surface area contributed by atoms with E-state index in [1.54, 1.807) is 36.4 Å². The van der Waals surface area contributed by atoms with Crippen molar-refractivity contribution in [1.82, 2.24) is 4.98 Å². The van der Waals surface area contributed by atoms with Gasteiger partial charge in [-0.2, -0.15) is 0 Å². The Labute approximate surface area is 227 Å². The number of amides is 1. The lowest BCUT2D eigenvalue weighted by Crippen LogP contribution is -2.30. The summed E-state index contributed by atoms with van der Waals surface area (Å²) in [6.45, 7) is 2.41. The molecule has 0 fully saturated rings. The molecule has 0 spiro atoms. The van der Waals surface area contributed by atoms with Gasteiger partial charge in [-0.3, -0.25) is 14.5 Å². The van der Waals surface area contributed by atoms with Crippen LogP contribution in [0.1, 0.15) is 24.1 Å². The number of carbonyl (C=O) groups excluding carboxylic acids is 2. The zero-order valence-corrected chi connectivity index (χ0v) is 21.8. The van der Waals surface area contributed by atoms with Gasteiger partial charge in [0.05, 0.1) is 38.5 Å². The number of thiazole rings is 1. The third kappa shape index (κ3) is 4.85. The minimum absolute atomic E-state index is 0.0650. The Balaban J connectivity index is 1.60. The first kappa shape index (κ1) is 25.0. The fourth-order valence-electron chi connectivity index (χ4n) is 4.13. The number of nitrogens with zero attached hydrogens (tertiary/aromatic N) is 2. The van der Waals surface area contributed by atoms with Crippen LogP contribution in [-0.4, -0.2) is 28.4 Å². The van der Waals surface area contributed by atoms with Gasteiger partial charge in [0.1, 0.15) is 5.75 Å². The van der Waals surface area contributed by atoms with Crippen LogP contribution < -0.4 is 9.64 Å². The van der Waals surface area contributed by atoms with Crippen molar-refractivity contribution in [2.45, 2.75) is 13.0 Å². The normalized spacial score (nSPS) is 15.8. The Morgan fingerprint density at radius 2 is 1.89 bits per heavy atom. The van der Waals surface area contributed by atoms with E-state index in [4.69, 9.17) is 27.9 Å². The second kappa shape index (κ2) is 10.4. The number of aromatic nitrogens is 1. The number of hydrogen-bond donors (Lipinski definition) is 1. The molecule has 0 aliphatic carbocycles. The lowest BCUT2D eigenvalue weighted by atomic mass is 9.96. The first-order valence-corrected chi connectivity index (χ1v) is 13.0. The van der Waals surface area contributed by atoms with Gasteiger partial charge in [-0.05, 0) is 54.5 Å². The highest BCUT2D eigenvalue weighted by Gasteiger charge is 2.45. The number of anilines is 1. The first-order chi connectivity index (χ1) is 17.9. The molecule has 5 rings (SSSR count). The van der Waals surface area contributed by atoms with Gasteiger partial charge in [-0.15, -0.1) is 0 Å². The van der Waals surface area contributed by atoms with Crippen LogP contribution in [0.15, 0.2) is 84.1 Å². The van der Waals surface area contributed by atoms with Gasteiger partial charge in [0, 0.05) is 0 Å². The third-order valence-electron chi connectivity index (χ3n) is 5.83. The maximum Gasteiger partial charge on any atom is 0.296 e. The van der Waals surface area contributed by atoms with Crippen LogP contribution in [0.4, 0.5) is 5.13 Å². The summed E-state index contributed by atoms with van der Waals surface area (Å²) in [5.41, 5.74) is 1.91. The molecule has 9 heteroatoms. The highest BCUT2D eigenvalue weighted by molar-refractivity contribution is 7.22. The maximum atomic E-state index is 13.4. The van der Waals surface area contributed by atoms with Crippen molar-refractivity contribution >= 4 is 67.7 Å². The molecule has 1 amide bonds. The minimum Gasteiger partial charge on any atom is -0.503 e. The lowest BCUT2D eigenvalue weighted by Gasteiger charge is -2.24. The molecule has 0 saturated heterocycles. The molecule has 1 atom stereocenters. The summed E-state index contributed by atoms with van der Waals surface area (Å²) < 4.78 is 6.38. The lowest BCUT2D eigenvalue weighted by molar-refractivity contribution is -0.117. The summed E-state index contributed by atoms with van der Waals surface area (Å²) in [5, 5.41) is 11.8. The van der Waals surface area contributed by atoms with Crippen molar-refractivity contribution in [1.29, 1.82) is 0 Å². The summed E-state index contributed by atoms with van der Waals surface area (Å²) in [7, 11) is 0. The number of hydrogen-bond acceptors (Lipinski definition) is 6. The summed E-state index contributed by atoms with van der Waals surface area (Å²) in [5.74, 6) is -1.18. The van der Waals surface area contributed by atoms with Crippen molar-refractivity contribution in [2.75, 3.05) is 11.5 Å². The molecule has 2 heterocycles. The van der Waals surface area contributed by atoms with Crippen molar-refractivity contribution < 1.29 is 19.4 Å². The van der Waals surface area contributed by atoms with Gasteiger partial charge < -0.3 is 9.84 Å². The molecular weight excluding hydrogens is 531 g/mol. The van der Waals surface area contributed by atoms with E-state index in [9.17, 15) is 14.7 Å². The third-order valence-corrected chi connectivity index (χ3v) is 7.58. The molecule has 0 saturated carbocycles. The molecule has 0 bridgehead atoms. The molecule has 1 aliphatic rings. The van der Waals surface area contributed by atoms with Crippen molar-refractivity contribution in [3.8, 4) is 5.75 Å². The molecule has 1 unspecified atom stereocenters. The SMILES string of the molecule is CCOc1ccc2nc(N3C(=O)C(O)=C(C(=O)C=Cc4ccccc4)C3c3ccc(Cl)c(Cl)c3)sc2c1. The van der Waals surface area contributed by atoms with E-state index in [1.165, 1.54) is 22.3 Å². The van der Waals surface area contributed by atoms with Gasteiger partial charge in [0.15, 0.2) is 16.7 Å². The zero-order valence-electron chi connectivity index (χ0n) is 19.5. The number of fused-ring (bicyclic) bond motifs is 1. The number of halogens is 2. The molecule has 4 aromatic rings. The largest absolute Gasteiger partial charge is 0.503 e. The number of ketones is 1. The number of rotatable bonds is 7. The second-order valence-electron chi connectivity index (χ2n) is 8.18. The molecular formula is C28H20Cl2N2O4S. The molecule has 3 aromatic carbocycles.